The van der Waals surface area contributed by atoms with Crippen molar-refractivity contribution in [3.63, 3.8) is 0 Å². The first-order valence-corrected chi connectivity index (χ1v) is 7.16. The van der Waals surface area contributed by atoms with Crippen molar-refractivity contribution < 1.29 is 16.8 Å². The van der Waals surface area contributed by atoms with Crippen LogP contribution in [0.15, 0.2) is 0 Å². The van der Waals surface area contributed by atoms with Gasteiger partial charge < -0.3 is 0 Å². The van der Waals surface area contributed by atoms with Crippen LogP contribution in [0.25, 0.3) is 0 Å². The molecule has 0 saturated carbocycles. The van der Waals surface area contributed by atoms with Crippen molar-refractivity contribution in [2.24, 2.45) is 5.14 Å². The first-order valence-electron chi connectivity index (χ1n) is 3.79. The molecule has 0 amide bonds. The predicted molar refractivity (Wildman–Crippen MR) is 47.9 cm³/mol. The van der Waals surface area contributed by atoms with Crippen LogP contribution in [0.4, 0.5) is 0 Å². The minimum atomic E-state index is -3.71. The fourth-order valence-electron chi connectivity index (χ4n) is 1.24. The van der Waals surface area contributed by atoms with E-state index in [0.717, 1.165) is 0 Å². The summed E-state index contributed by atoms with van der Waals surface area (Å²) in [7, 11) is -6.65. The van der Waals surface area contributed by atoms with Crippen LogP contribution in [0.3, 0.4) is 0 Å². The lowest BCUT2D eigenvalue weighted by Gasteiger charge is -2.21. The van der Waals surface area contributed by atoms with Crippen molar-refractivity contribution in [2.45, 2.75) is 18.9 Å². The van der Waals surface area contributed by atoms with Crippen molar-refractivity contribution in [2.75, 3.05) is 11.5 Å². The van der Waals surface area contributed by atoms with E-state index in [0.29, 0.717) is 12.8 Å². The summed E-state index contributed by atoms with van der Waals surface area (Å²) in [6, 6.07) is -0.335. The Balaban J connectivity index is 2.52. The van der Waals surface area contributed by atoms with E-state index in [-0.39, 0.29) is 17.5 Å². The zero-order valence-corrected chi connectivity index (χ0v) is 8.57. The Kier molecular flexibility index (Phi) is 2.95. The minimum Gasteiger partial charge on any atom is -0.229 e. The van der Waals surface area contributed by atoms with Crippen molar-refractivity contribution in [1.29, 1.82) is 0 Å². The number of rotatable bonds is 2. The zero-order chi connectivity index (χ0) is 10.1. The monoisotopic (exact) mass is 228 g/mol. The molecule has 1 saturated heterocycles. The Hall–Kier alpha value is -0.180. The Morgan fingerprint density at radius 3 is 2.08 bits per heavy atom. The smallest absolute Gasteiger partial charge is 0.229 e. The maximum Gasteiger partial charge on any atom is 0.274 e. The standard InChI is InChI=1S/C5H12N2O4S2/c6-13(10,11)7-5-1-3-12(8,9)4-2-5/h5,7H,1-4H2,(H2,6,10,11). The summed E-state index contributed by atoms with van der Waals surface area (Å²) < 4.78 is 45.2. The van der Waals surface area contributed by atoms with Gasteiger partial charge in [0.25, 0.3) is 10.2 Å². The molecule has 0 bridgehead atoms. The normalized spacial score (nSPS) is 24.4. The SMILES string of the molecule is NS(=O)(=O)NC1CCS(=O)(=O)CC1. The molecule has 78 valence electrons. The fourth-order valence-corrected chi connectivity index (χ4v) is 3.43. The molecule has 0 atom stereocenters. The van der Waals surface area contributed by atoms with E-state index in [1.54, 1.807) is 0 Å². The fraction of sp³-hybridized carbons (Fsp3) is 1.00. The third-order valence-electron chi connectivity index (χ3n) is 1.89. The predicted octanol–water partition coefficient (Wildman–Crippen LogP) is -1.64. The van der Waals surface area contributed by atoms with Crippen LogP contribution in [0, 0.1) is 0 Å². The Morgan fingerprint density at radius 2 is 1.69 bits per heavy atom. The molecular weight excluding hydrogens is 216 g/mol. The van der Waals surface area contributed by atoms with Gasteiger partial charge in [0, 0.05) is 6.04 Å². The third-order valence-corrected chi connectivity index (χ3v) is 4.26. The molecule has 0 aromatic heterocycles. The molecule has 0 aliphatic carbocycles. The molecule has 1 aliphatic heterocycles. The minimum absolute atomic E-state index is 0.0280. The van der Waals surface area contributed by atoms with Gasteiger partial charge in [0.15, 0.2) is 0 Å². The lowest BCUT2D eigenvalue weighted by atomic mass is 10.2. The van der Waals surface area contributed by atoms with Crippen molar-refractivity contribution >= 4 is 20.0 Å². The summed E-state index contributed by atoms with van der Waals surface area (Å²) >= 11 is 0. The van der Waals surface area contributed by atoms with Crippen LogP contribution in [0.5, 0.6) is 0 Å². The molecule has 1 fully saturated rings. The van der Waals surface area contributed by atoms with Gasteiger partial charge in [-0.15, -0.1) is 0 Å². The molecule has 1 heterocycles. The first kappa shape index (κ1) is 10.9. The Morgan fingerprint density at radius 1 is 1.23 bits per heavy atom. The summed E-state index contributed by atoms with van der Waals surface area (Å²) in [6.07, 6.45) is 0.609. The molecule has 0 aromatic carbocycles. The number of nitrogens with one attached hydrogen (secondary N) is 1. The number of nitrogens with two attached hydrogens (primary N) is 1. The molecule has 6 nitrogen and oxygen atoms in total. The molecular formula is C5H12N2O4S2. The van der Waals surface area contributed by atoms with E-state index < -0.39 is 20.0 Å². The molecule has 0 spiro atoms. The largest absolute Gasteiger partial charge is 0.274 e. The maximum atomic E-state index is 11.0. The topological polar surface area (TPSA) is 106 Å². The maximum absolute atomic E-state index is 11.0. The lowest BCUT2D eigenvalue weighted by molar-refractivity contribution is 0.506. The lowest BCUT2D eigenvalue weighted by Crippen LogP contribution is -2.43. The number of sulfone groups is 1. The summed E-state index contributed by atoms with van der Waals surface area (Å²) in [4.78, 5) is 0. The van der Waals surface area contributed by atoms with Crippen LogP contribution in [-0.2, 0) is 20.0 Å². The van der Waals surface area contributed by atoms with Gasteiger partial charge in [-0.25, -0.2) is 13.6 Å². The molecule has 13 heavy (non-hydrogen) atoms. The number of hydrogen-bond donors (Lipinski definition) is 2. The highest BCUT2D eigenvalue weighted by Gasteiger charge is 2.25. The second kappa shape index (κ2) is 3.52. The highest BCUT2D eigenvalue weighted by molar-refractivity contribution is 7.91. The van der Waals surface area contributed by atoms with Gasteiger partial charge in [-0.2, -0.15) is 13.1 Å². The number of hydrogen-bond acceptors (Lipinski definition) is 4. The van der Waals surface area contributed by atoms with E-state index in [9.17, 15) is 16.8 Å². The average Bonchev–Trinajstić information content (AvgIpc) is 1.91. The van der Waals surface area contributed by atoms with E-state index in [1.807, 2.05) is 0 Å². The first-order chi connectivity index (χ1) is 5.79. The van der Waals surface area contributed by atoms with Crippen molar-refractivity contribution in [1.82, 2.24) is 4.72 Å². The van der Waals surface area contributed by atoms with Gasteiger partial charge in [0.1, 0.15) is 9.84 Å². The zero-order valence-electron chi connectivity index (χ0n) is 6.93. The van der Waals surface area contributed by atoms with Crippen LogP contribution >= 0.6 is 0 Å². The molecule has 0 unspecified atom stereocenters. The van der Waals surface area contributed by atoms with Crippen molar-refractivity contribution in [3.8, 4) is 0 Å². The average molecular weight is 228 g/mol. The Bertz CT molecular complexity index is 357. The second-order valence-corrected chi connectivity index (χ2v) is 6.72. The van der Waals surface area contributed by atoms with Crippen LogP contribution in [0.2, 0.25) is 0 Å². The van der Waals surface area contributed by atoms with Crippen molar-refractivity contribution in [3.05, 3.63) is 0 Å². The highest BCUT2D eigenvalue weighted by atomic mass is 32.2. The molecule has 8 heteroatoms. The molecule has 1 rings (SSSR count). The second-order valence-electron chi connectivity index (χ2n) is 3.09. The highest BCUT2D eigenvalue weighted by Crippen LogP contribution is 2.12. The molecule has 0 aromatic rings. The van der Waals surface area contributed by atoms with Crippen LogP contribution < -0.4 is 9.86 Å². The Labute approximate surface area is 77.6 Å². The molecule has 1 aliphatic rings. The molecule has 3 N–H and O–H groups in total. The van der Waals surface area contributed by atoms with Gasteiger partial charge >= 0.3 is 0 Å². The van der Waals surface area contributed by atoms with Gasteiger partial charge in [-0.05, 0) is 12.8 Å². The van der Waals surface area contributed by atoms with E-state index in [1.165, 1.54) is 0 Å². The van der Waals surface area contributed by atoms with Crippen LogP contribution in [-0.4, -0.2) is 34.4 Å². The van der Waals surface area contributed by atoms with E-state index in [4.69, 9.17) is 5.14 Å². The summed E-state index contributed by atoms with van der Waals surface area (Å²) in [6.45, 7) is 0. The summed E-state index contributed by atoms with van der Waals surface area (Å²) in [5.74, 6) is 0.0559. The van der Waals surface area contributed by atoms with Gasteiger partial charge in [-0.3, -0.25) is 0 Å². The van der Waals surface area contributed by atoms with E-state index in [2.05, 4.69) is 4.72 Å². The quantitative estimate of drug-likeness (QED) is 0.591. The summed E-state index contributed by atoms with van der Waals surface area (Å²) in [5, 5.41) is 4.75. The third kappa shape index (κ3) is 4.03. The van der Waals surface area contributed by atoms with Crippen LogP contribution in [0.1, 0.15) is 12.8 Å². The van der Waals surface area contributed by atoms with Gasteiger partial charge in [0.2, 0.25) is 0 Å². The van der Waals surface area contributed by atoms with Gasteiger partial charge in [0.05, 0.1) is 11.5 Å². The molecule has 0 radical (unpaired) electrons. The van der Waals surface area contributed by atoms with E-state index >= 15 is 0 Å². The summed E-state index contributed by atoms with van der Waals surface area (Å²) in [5.41, 5.74) is 0. The van der Waals surface area contributed by atoms with Gasteiger partial charge in [-0.1, -0.05) is 0 Å².